The number of nitrogens with two attached hydrogens (primary N) is 3. The molecule has 36 heavy (non-hydrogen) atoms. The Hall–Kier alpha value is -4.28. The molecule has 11 heteroatoms. The number of aromatic nitrogens is 2. The number of unbranched alkanes of at least 4 members (excludes halogenated alkanes) is 1. The molecule has 190 valence electrons. The largest absolute Gasteiger partial charge is 0.397 e. The zero-order chi connectivity index (χ0) is 26.2. The maximum absolute atomic E-state index is 15.0. The van der Waals surface area contributed by atoms with Gasteiger partial charge in [0.2, 0.25) is 17.7 Å². The molecular formula is C25H30FN7O3. The van der Waals surface area contributed by atoms with Crippen LogP contribution in [0.4, 0.5) is 21.6 Å². The number of carbonyl (C=O) groups is 3. The molecule has 0 saturated heterocycles. The Morgan fingerprint density at radius 2 is 1.69 bits per heavy atom. The Labute approximate surface area is 207 Å². The number of benzene rings is 1. The van der Waals surface area contributed by atoms with Crippen LogP contribution in [0.1, 0.15) is 44.1 Å². The van der Waals surface area contributed by atoms with Crippen LogP contribution in [0, 0.1) is 12.7 Å². The Morgan fingerprint density at radius 3 is 2.44 bits per heavy atom. The molecule has 3 aromatic rings. The lowest BCUT2D eigenvalue weighted by Crippen LogP contribution is -2.24. The van der Waals surface area contributed by atoms with Gasteiger partial charge in [-0.05, 0) is 49.3 Å². The second-order valence-corrected chi connectivity index (χ2v) is 8.52. The van der Waals surface area contributed by atoms with Crippen LogP contribution < -0.4 is 27.8 Å². The highest BCUT2D eigenvalue weighted by molar-refractivity contribution is 6.00. The number of halogens is 1. The van der Waals surface area contributed by atoms with Gasteiger partial charge < -0.3 is 27.8 Å². The van der Waals surface area contributed by atoms with Crippen molar-refractivity contribution in [2.24, 2.45) is 5.73 Å². The molecule has 0 aliphatic heterocycles. The van der Waals surface area contributed by atoms with Crippen LogP contribution in [0.3, 0.4) is 0 Å². The van der Waals surface area contributed by atoms with Crippen molar-refractivity contribution in [2.45, 2.75) is 45.4 Å². The van der Waals surface area contributed by atoms with Crippen LogP contribution in [0.2, 0.25) is 0 Å². The van der Waals surface area contributed by atoms with Crippen LogP contribution in [0.15, 0.2) is 30.7 Å². The molecule has 0 bridgehead atoms. The van der Waals surface area contributed by atoms with Gasteiger partial charge in [-0.3, -0.25) is 19.4 Å². The third-order valence-electron chi connectivity index (χ3n) is 5.79. The zero-order valence-electron chi connectivity index (χ0n) is 20.1. The fourth-order valence-electron chi connectivity index (χ4n) is 3.73. The second kappa shape index (κ2) is 11.9. The van der Waals surface area contributed by atoms with Gasteiger partial charge in [-0.2, -0.15) is 0 Å². The molecule has 0 saturated carbocycles. The number of carbonyl (C=O) groups excluding carboxylic acids is 3. The summed E-state index contributed by atoms with van der Waals surface area (Å²) in [5.74, 6) is -1.14. The standard InChI is InChI=1S/C25H30FN7O3/c1-14-17(11-30-13-19(14)27)16-9-15-10-21(32-12-18(15)25(29)24(16)26)33-23(36)7-4-6-22(35)31-8-3-2-5-20(28)34/h9-13H,2-8,27,29H2,1H3,(H2,28,34)(H,31,35)(H,32,33,36). The molecule has 0 spiro atoms. The molecule has 3 amide bonds. The van der Waals surface area contributed by atoms with Crippen molar-refractivity contribution in [1.29, 1.82) is 0 Å². The average Bonchev–Trinajstić information content (AvgIpc) is 2.83. The summed E-state index contributed by atoms with van der Waals surface area (Å²) in [7, 11) is 0. The predicted molar refractivity (Wildman–Crippen MR) is 137 cm³/mol. The Bertz CT molecular complexity index is 1300. The Morgan fingerprint density at radius 1 is 0.944 bits per heavy atom. The molecule has 0 radical (unpaired) electrons. The van der Waals surface area contributed by atoms with E-state index in [1.807, 2.05) is 0 Å². The van der Waals surface area contributed by atoms with Crippen molar-refractivity contribution in [2.75, 3.05) is 23.3 Å². The maximum Gasteiger partial charge on any atom is 0.225 e. The van der Waals surface area contributed by atoms with Gasteiger partial charge in [-0.1, -0.05) is 0 Å². The second-order valence-electron chi connectivity index (χ2n) is 8.52. The molecule has 0 unspecified atom stereocenters. The molecule has 1 aromatic carbocycles. The molecule has 10 nitrogen and oxygen atoms in total. The smallest absolute Gasteiger partial charge is 0.225 e. The minimum atomic E-state index is -0.595. The number of rotatable bonds is 11. The summed E-state index contributed by atoms with van der Waals surface area (Å²) in [6.45, 7) is 2.23. The number of anilines is 3. The maximum atomic E-state index is 15.0. The lowest BCUT2D eigenvalue weighted by Gasteiger charge is -2.13. The van der Waals surface area contributed by atoms with Crippen LogP contribution in [-0.4, -0.2) is 34.2 Å². The van der Waals surface area contributed by atoms with Gasteiger partial charge in [0, 0.05) is 54.7 Å². The number of nitrogen functional groups attached to an aromatic ring is 2. The van der Waals surface area contributed by atoms with Gasteiger partial charge in [0.05, 0.1) is 17.6 Å². The summed E-state index contributed by atoms with van der Waals surface area (Å²) >= 11 is 0. The number of pyridine rings is 2. The third-order valence-corrected chi connectivity index (χ3v) is 5.79. The molecule has 0 fully saturated rings. The minimum absolute atomic E-state index is 0.0599. The van der Waals surface area contributed by atoms with Crippen LogP contribution in [-0.2, 0) is 14.4 Å². The molecule has 0 atom stereocenters. The fourth-order valence-corrected chi connectivity index (χ4v) is 3.73. The van der Waals surface area contributed by atoms with E-state index in [0.29, 0.717) is 59.8 Å². The van der Waals surface area contributed by atoms with E-state index in [-0.39, 0.29) is 47.6 Å². The third kappa shape index (κ3) is 6.65. The first-order valence-corrected chi connectivity index (χ1v) is 11.6. The van der Waals surface area contributed by atoms with Gasteiger partial charge in [0.1, 0.15) is 5.82 Å². The number of primary amides is 1. The molecule has 0 aliphatic rings. The number of fused-ring (bicyclic) bond motifs is 1. The van der Waals surface area contributed by atoms with E-state index in [0.717, 1.165) is 0 Å². The summed E-state index contributed by atoms with van der Waals surface area (Å²) < 4.78 is 15.0. The van der Waals surface area contributed by atoms with E-state index < -0.39 is 5.82 Å². The highest BCUT2D eigenvalue weighted by Crippen LogP contribution is 2.36. The highest BCUT2D eigenvalue weighted by Gasteiger charge is 2.17. The SMILES string of the molecule is Cc1c(N)cncc1-c1cc2cc(NC(=O)CCCC(=O)NCCCCC(N)=O)ncc2c(N)c1F. The summed E-state index contributed by atoms with van der Waals surface area (Å²) in [6.07, 6.45) is 6.67. The first kappa shape index (κ1) is 26.3. The molecular weight excluding hydrogens is 465 g/mol. The van der Waals surface area contributed by atoms with Crippen LogP contribution in [0.25, 0.3) is 21.9 Å². The fraction of sp³-hybridized carbons (Fsp3) is 0.320. The average molecular weight is 496 g/mol. The molecule has 2 heterocycles. The van der Waals surface area contributed by atoms with E-state index in [2.05, 4.69) is 20.6 Å². The van der Waals surface area contributed by atoms with E-state index in [4.69, 9.17) is 17.2 Å². The van der Waals surface area contributed by atoms with E-state index in [1.54, 1.807) is 19.1 Å². The number of nitrogens with zero attached hydrogens (tertiary/aromatic N) is 2. The van der Waals surface area contributed by atoms with Crippen molar-refractivity contribution in [1.82, 2.24) is 15.3 Å². The summed E-state index contributed by atoms with van der Waals surface area (Å²) in [5, 5.41) is 6.45. The van der Waals surface area contributed by atoms with E-state index in [1.165, 1.54) is 18.6 Å². The van der Waals surface area contributed by atoms with Gasteiger partial charge in [-0.15, -0.1) is 0 Å². The Kier molecular flexibility index (Phi) is 8.71. The van der Waals surface area contributed by atoms with Crippen molar-refractivity contribution in [3.63, 3.8) is 0 Å². The quantitative estimate of drug-likeness (QED) is 0.200. The normalized spacial score (nSPS) is 10.8. The van der Waals surface area contributed by atoms with Crippen molar-refractivity contribution >= 4 is 45.7 Å². The lowest BCUT2D eigenvalue weighted by atomic mass is 9.97. The zero-order valence-corrected chi connectivity index (χ0v) is 20.1. The molecule has 8 N–H and O–H groups in total. The minimum Gasteiger partial charge on any atom is -0.397 e. The summed E-state index contributed by atoms with van der Waals surface area (Å²) in [4.78, 5) is 43.1. The first-order valence-electron chi connectivity index (χ1n) is 11.6. The monoisotopic (exact) mass is 495 g/mol. The first-order chi connectivity index (χ1) is 17.2. The van der Waals surface area contributed by atoms with E-state index >= 15 is 4.39 Å². The predicted octanol–water partition coefficient (Wildman–Crippen LogP) is 2.79. The molecule has 2 aromatic heterocycles. The van der Waals surface area contributed by atoms with Crippen LogP contribution >= 0.6 is 0 Å². The summed E-state index contributed by atoms with van der Waals surface area (Å²) in [5.41, 5.74) is 18.9. The number of nitrogens with one attached hydrogen (secondary N) is 2. The van der Waals surface area contributed by atoms with Crippen molar-refractivity contribution in [3.8, 4) is 11.1 Å². The summed E-state index contributed by atoms with van der Waals surface area (Å²) in [6, 6.07) is 3.23. The van der Waals surface area contributed by atoms with Crippen molar-refractivity contribution in [3.05, 3.63) is 42.1 Å². The van der Waals surface area contributed by atoms with Crippen molar-refractivity contribution < 1.29 is 18.8 Å². The highest BCUT2D eigenvalue weighted by atomic mass is 19.1. The number of hydrogen-bond donors (Lipinski definition) is 5. The Balaban J connectivity index is 1.61. The molecule has 0 aliphatic carbocycles. The lowest BCUT2D eigenvalue weighted by molar-refractivity contribution is -0.121. The molecule has 3 rings (SSSR count). The number of hydrogen-bond acceptors (Lipinski definition) is 7. The van der Waals surface area contributed by atoms with Gasteiger partial charge >= 0.3 is 0 Å². The topological polar surface area (TPSA) is 179 Å². The van der Waals surface area contributed by atoms with Crippen LogP contribution in [0.5, 0.6) is 0 Å². The van der Waals surface area contributed by atoms with Gasteiger partial charge in [0.25, 0.3) is 0 Å². The van der Waals surface area contributed by atoms with Gasteiger partial charge in [0.15, 0.2) is 5.82 Å². The van der Waals surface area contributed by atoms with Gasteiger partial charge in [-0.25, -0.2) is 9.37 Å². The number of amides is 3. The van der Waals surface area contributed by atoms with E-state index in [9.17, 15) is 14.4 Å².